The molecule has 1 atom stereocenters. The number of nitrogens with zero attached hydrogens (tertiary/aromatic N) is 1. The van der Waals surface area contributed by atoms with Crippen molar-refractivity contribution in [2.45, 2.75) is 25.3 Å². The Kier molecular flexibility index (Phi) is 3.69. The van der Waals surface area contributed by atoms with Gasteiger partial charge < -0.3 is 10.2 Å². The van der Waals surface area contributed by atoms with Gasteiger partial charge in [-0.1, -0.05) is 6.42 Å². The van der Waals surface area contributed by atoms with E-state index in [-0.39, 0.29) is 6.04 Å². The second-order valence-corrected chi connectivity index (χ2v) is 3.71. The molecule has 0 radical (unpaired) electrons. The molecule has 0 aromatic heterocycles. The lowest BCUT2D eigenvalue weighted by Crippen LogP contribution is -2.44. The molecule has 3 heteroatoms. The van der Waals surface area contributed by atoms with E-state index in [0.29, 0.717) is 12.3 Å². The number of carbonyl (C=O) groups is 1. The van der Waals surface area contributed by atoms with Gasteiger partial charge >= 0.3 is 0 Å². The first-order valence-electron chi connectivity index (χ1n) is 4.61. The number of carbonyl (C=O) groups excluding carboxylic acids is 1. The summed E-state index contributed by atoms with van der Waals surface area (Å²) in [4.78, 5) is 13.4. The minimum atomic E-state index is 0.126. The second-order valence-electron chi connectivity index (χ2n) is 3.71. The molecule has 1 saturated heterocycles. The molecule has 0 spiro atoms. The zero-order chi connectivity index (χ0) is 8.97. The van der Waals surface area contributed by atoms with Gasteiger partial charge in [0.15, 0.2) is 5.78 Å². The van der Waals surface area contributed by atoms with Gasteiger partial charge in [0.25, 0.3) is 0 Å². The third-order valence-electron chi connectivity index (χ3n) is 2.17. The fourth-order valence-corrected chi connectivity index (χ4v) is 1.55. The van der Waals surface area contributed by atoms with Gasteiger partial charge in [-0.3, -0.25) is 4.79 Å². The van der Waals surface area contributed by atoms with Crippen molar-refractivity contribution in [2.75, 3.05) is 27.2 Å². The van der Waals surface area contributed by atoms with Gasteiger partial charge in [-0.05, 0) is 33.5 Å². The van der Waals surface area contributed by atoms with E-state index in [1.54, 1.807) is 0 Å². The Labute approximate surface area is 74.1 Å². The van der Waals surface area contributed by atoms with E-state index in [1.807, 2.05) is 19.0 Å². The van der Waals surface area contributed by atoms with Crippen LogP contribution in [0.15, 0.2) is 0 Å². The first-order valence-corrected chi connectivity index (χ1v) is 4.61. The maximum absolute atomic E-state index is 11.5. The Balaban J connectivity index is 2.30. The monoisotopic (exact) mass is 170 g/mol. The highest BCUT2D eigenvalue weighted by atomic mass is 16.1. The first kappa shape index (κ1) is 9.68. The lowest BCUT2D eigenvalue weighted by Gasteiger charge is -2.23. The molecule has 0 aromatic rings. The van der Waals surface area contributed by atoms with Gasteiger partial charge in [0, 0.05) is 0 Å². The van der Waals surface area contributed by atoms with Crippen molar-refractivity contribution in [2.24, 2.45) is 0 Å². The SMILES string of the molecule is CN(C)CC(=O)C1CCCCN1. The molecular formula is C9H18N2O. The summed E-state index contributed by atoms with van der Waals surface area (Å²) in [5, 5.41) is 3.25. The highest BCUT2D eigenvalue weighted by Gasteiger charge is 2.20. The molecule has 1 aliphatic rings. The fourth-order valence-electron chi connectivity index (χ4n) is 1.55. The van der Waals surface area contributed by atoms with Crippen LogP contribution >= 0.6 is 0 Å². The maximum atomic E-state index is 11.5. The molecule has 0 bridgehead atoms. The topological polar surface area (TPSA) is 32.3 Å². The number of rotatable bonds is 3. The normalized spacial score (nSPS) is 24.4. The molecular weight excluding hydrogens is 152 g/mol. The number of hydrogen-bond donors (Lipinski definition) is 1. The lowest BCUT2D eigenvalue weighted by molar-refractivity contribution is -0.122. The Hall–Kier alpha value is -0.410. The molecule has 70 valence electrons. The third-order valence-corrected chi connectivity index (χ3v) is 2.17. The van der Waals surface area contributed by atoms with Crippen molar-refractivity contribution < 1.29 is 4.79 Å². The highest BCUT2D eigenvalue weighted by molar-refractivity contribution is 5.85. The van der Waals surface area contributed by atoms with Crippen LogP contribution in [-0.4, -0.2) is 43.9 Å². The molecule has 3 nitrogen and oxygen atoms in total. The molecule has 0 aliphatic carbocycles. The largest absolute Gasteiger partial charge is 0.307 e. The van der Waals surface area contributed by atoms with Gasteiger partial charge in [0.1, 0.15) is 0 Å². The molecule has 12 heavy (non-hydrogen) atoms. The minimum Gasteiger partial charge on any atom is -0.307 e. The number of nitrogens with one attached hydrogen (secondary N) is 1. The van der Waals surface area contributed by atoms with E-state index in [4.69, 9.17) is 0 Å². The zero-order valence-electron chi connectivity index (χ0n) is 7.97. The van der Waals surface area contributed by atoms with Crippen LogP contribution in [0.2, 0.25) is 0 Å². The van der Waals surface area contributed by atoms with Gasteiger partial charge in [-0.15, -0.1) is 0 Å². The van der Waals surface area contributed by atoms with Gasteiger partial charge in [0.05, 0.1) is 12.6 Å². The predicted molar refractivity (Wildman–Crippen MR) is 49.2 cm³/mol. The van der Waals surface area contributed by atoms with E-state index < -0.39 is 0 Å². The summed E-state index contributed by atoms with van der Waals surface area (Å²) in [6, 6.07) is 0.126. The Morgan fingerprint density at radius 3 is 2.75 bits per heavy atom. The van der Waals surface area contributed by atoms with Crippen molar-refractivity contribution >= 4 is 5.78 Å². The van der Waals surface area contributed by atoms with Crippen molar-refractivity contribution in [1.29, 1.82) is 0 Å². The van der Waals surface area contributed by atoms with Crippen LogP contribution in [0.25, 0.3) is 0 Å². The van der Waals surface area contributed by atoms with Crippen LogP contribution in [-0.2, 0) is 4.79 Å². The van der Waals surface area contributed by atoms with Crippen molar-refractivity contribution in [3.63, 3.8) is 0 Å². The minimum absolute atomic E-state index is 0.126. The van der Waals surface area contributed by atoms with E-state index in [9.17, 15) is 4.79 Å². The maximum Gasteiger partial charge on any atom is 0.163 e. The van der Waals surface area contributed by atoms with E-state index in [1.165, 1.54) is 12.8 Å². The summed E-state index contributed by atoms with van der Waals surface area (Å²) in [5.74, 6) is 0.333. The summed E-state index contributed by atoms with van der Waals surface area (Å²) in [7, 11) is 3.86. The number of hydrogen-bond acceptors (Lipinski definition) is 3. The summed E-state index contributed by atoms with van der Waals surface area (Å²) >= 11 is 0. The van der Waals surface area contributed by atoms with Crippen LogP contribution < -0.4 is 5.32 Å². The van der Waals surface area contributed by atoms with Crippen molar-refractivity contribution in [3.8, 4) is 0 Å². The fraction of sp³-hybridized carbons (Fsp3) is 0.889. The molecule has 0 aromatic carbocycles. The smallest absolute Gasteiger partial charge is 0.163 e. The van der Waals surface area contributed by atoms with Gasteiger partial charge in [0.2, 0.25) is 0 Å². The van der Waals surface area contributed by atoms with Crippen molar-refractivity contribution in [1.82, 2.24) is 10.2 Å². The highest BCUT2D eigenvalue weighted by Crippen LogP contribution is 2.07. The molecule has 0 amide bonds. The number of ketones is 1. The van der Waals surface area contributed by atoms with Crippen LogP contribution in [0.4, 0.5) is 0 Å². The van der Waals surface area contributed by atoms with Crippen LogP contribution in [0, 0.1) is 0 Å². The number of piperidine rings is 1. The average Bonchev–Trinajstić information content (AvgIpc) is 2.05. The second kappa shape index (κ2) is 4.58. The third kappa shape index (κ3) is 2.91. The van der Waals surface area contributed by atoms with Crippen molar-refractivity contribution in [3.05, 3.63) is 0 Å². The summed E-state index contributed by atoms with van der Waals surface area (Å²) < 4.78 is 0. The predicted octanol–water partition coefficient (Wildman–Crippen LogP) is 0.259. The zero-order valence-corrected chi connectivity index (χ0v) is 7.97. The molecule has 1 heterocycles. The Morgan fingerprint density at radius 1 is 1.50 bits per heavy atom. The molecule has 1 fully saturated rings. The van der Waals surface area contributed by atoms with E-state index in [2.05, 4.69) is 5.32 Å². The lowest BCUT2D eigenvalue weighted by atomic mass is 10.0. The standard InChI is InChI=1S/C9H18N2O/c1-11(2)7-9(12)8-5-3-4-6-10-8/h8,10H,3-7H2,1-2H3. The molecule has 1 aliphatic heterocycles. The number of Topliss-reactive ketones (excluding diaryl/α,β-unsaturated/α-hetero) is 1. The van der Waals surface area contributed by atoms with E-state index in [0.717, 1.165) is 13.0 Å². The summed E-state index contributed by atoms with van der Waals surface area (Å²) in [5.41, 5.74) is 0. The molecule has 1 unspecified atom stereocenters. The summed E-state index contributed by atoms with van der Waals surface area (Å²) in [6.07, 6.45) is 3.43. The van der Waals surface area contributed by atoms with E-state index >= 15 is 0 Å². The molecule has 1 N–H and O–H groups in total. The average molecular weight is 170 g/mol. The summed E-state index contributed by atoms with van der Waals surface area (Å²) in [6.45, 7) is 1.57. The number of likely N-dealkylation sites (N-methyl/N-ethyl adjacent to an activating group) is 1. The van der Waals surface area contributed by atoms with Crippen LogP contribution in [0.5, 0.6) is 0 Å². The Bertz CT molecular complexity index is 151. The quantitative estimate of drug-likeness (QED) is 0.659. The molecule has 0 saturated carbocycles. The Morgan fingerprint density at radius 2 is 2.25 bits per heavy atom. The van der Waals surface area contributed by atoms with Crippen LogP contribution in [0.1, 0.15) is 19.3 Å². The first-order chi connectivity index (χ1) is 5.70. The van der Waals surface area contributed by atoms with Gasteiger partial charge in [-0.2, -0.15) is 0 Å². The van der Waals surface area contributed by atoms with Crippen LogP contribution in [0.3, 0.4) is 0 Å². The molecule has 1 rings (SSSR count). The van der Waals surface area contributed by atoms with Gasteiger partial charge in [-0.25, -0.2) is 0 Å².